The van der Waals surface area contributed by atoms with Crippen LogP contribution in [0.15, 0.2) is 24.3 Å². The molecule has 1 saturated heterocycles. The molecule has 2 unspecified atom stereocenters. The SMILES string of the molecule is C[C@H](NC(=O)C1CCC(CN)O1)c1ccc(F)cc1. The van der Waals surface area contributed by atoms with Crippen molar-refractivity contribution >= 4 is 5.91 Å². The van der Waals surface area contributed by atoms with Gasteiger partial charge in [-0.1, -0.05) is 12.1 Å². The molecule has 104 valence electrons. The predicted octanol–water partition coefficient (Wildman–Crippen LogP) is 1.51. The molecular weight excluding hydrogens is 247 g/mol. The molecular formula is C14H19FN2O2. The number of amides is 1. The Balaban J connectivity index is 1.90. The van der Waals surface area contributed by atoms with E-state index in [1.165, 1.54) is 12.1 Å². The van der Waals surface area contributed by atoms with Gasteiger partial charge in [0.05, 0.1) is 12.1 Å². The van der Waals surface area contributed by atoms with Crippen molar-refractivity contribution in [3.63, 3.8) is 0 Å². The Labute approximate surface area is 112 Å². The molecule has 1 fully saturated rings. The third kappa shape index (κ3) is 3.52. The second kappa shape index (κ2) is 6.12. The number of ether oxygens (including phenoxy) is 1. The van der Waals surface area contributed by atoms with Gasteiger partial charge in [-0.15, -0.1) is 0 Å². The quantitative estimate of drug-likeness (QED) is 0.868. The minimum atomic E-state index is -0.420. The van der Waals surface area contributed by atoms with E-state index in [0.29, 0.717) is 13.0 Å². The molecule has 0 spiro atoms. The fraction of sp³-hybridized carbons (Fsp3) is 0.500. The number of benzene rings is 1. The molecule has 1 aliphatic rings. The highest BCUT2D eigenvalue weighted by Gasteiger charge is 2.30. The van der Waals surface area contributed by atoms with Gasteiger partial charge in [0.15, 0.2) is 0 Å². The zero-order valence-corrected chi connectivity index (χ0v) is 10.9. The van der Waals surface area contributed by atoms with Gasteiger partial charge in [-0.3, -0.25) is 4.79 Å². The Morgan fingerprint density at radius 1 is 1.47 bits per heavy atom. The lowest BCUT2D eigenvalue weighted by atomic mass is 10.1. The number of nitrogens with one attached hydrogen (secondary N) is 1. The van der Waals surface area contributed by atoms with Crippen molar-refractivity contribution in [2.24, 2.45) is 5.73 Å². The molecule has 2 rings (SSSR count). The summed E-state index contributed by atoms with van der Waals surface area (Å²) in [6.45, 7) is 2.30. The van der Waals surface area contributed by atoms with E-state index >= 15 is 0 Å². The summed E-state index contributed by atoms with van der Waals surface area (Å²) in [5.41, 5.74) is 6.37. The zero-order chi connectivity index (χ0) is 13.8. The van der Waals surface area contributed by atoms with E-state index in [9.17, 15) is 9.18 Å². The van der Waals surface area contributed by atoms with Gasteiger partial charge in [0.2, 0.25) is 5.91 Å². The normalized spacial score (nSPS) is 24.2. The first-order chi connectivity index (χ1) is 9.10. The molecule has 0 radical (unpaired) electrons. The second-order valence-electron chi connectivity index (χ2n) is 4.84. The summed E-state index contributed by atoms with van der Waals surface area (Å²) < 4.78 is 18.4. The van der Waals surface area contributed by atoms with E-state index in [-0.39, 0.29) is 23.9 Å². The average molecular weight is 266 g/mol. The molecule has 1 aromatic rings. The maximum atomic E-state index is 12.8. The lowest BCUT2D eigenvalue weighted by Crippen LogP contribution is -2.36. The van der Waals surface area contributed by atoms with Crippen molar-refractivity contribution in [1.82, 2.24) is 5.32 Å². The van der Waals surface area contributed by atoms with Crippen LogP contribution in [0.1, 0.15) is 31.4 Å². The third-order valence-electron chi connectivity index (χ3n) is 3.39. The molecule has 1 amide bonds. The number of carbonyl (C=O) groups is 1. The Kier molecular flexibility index (Phi) is 4.50. The molecule has 3 atom stereocenters. The van der Waals surface area contributed by atoms with Crippen LogP contribution in [0.25, 0.3) is 0 Å². The van der Waals surface area contributed by atoms with E-state index < -0.39 is 6.10 Å². The molecule has 4 nitrogen and oxygen atoms in total. The highest BCUT2D eigenvalue weighted by Crippen LogP contribution is 2.20. The molecule has 5 heteroatoms. The van der Waals surface area contributed by atoms with Crippen molar-refractivity contribution in [2.45, 2.75) is 38.0 Å². The monoisotopic (exact) mass is 266 g/mol. The Bertz CT molecular complexity index is 436. The van der Waals surface area contributed by atoms with Crippen LogP contribution in [0, 0.1) is 5.82 Å². The average Bonchev–Trinajstić information content (AvgIpc) is 2.88. The zero-order valence-electron chi connectivity index (χ0n) is 10.9. The summed E-state index contributed by atoms with van der Waals surface area (Å²) in [5.74, 6) is -0.417. The summed E-state index contributed by atoms with van der Waals surface area (Å²) in [5, 5.41) is 2.88. The van der Waals surface area contributed by atoms with Gasteiger partial charge in [0, 0.05) is 6.54 Å². The lowest BCUT2D eigenvalue weighted by molar-refractivity contribution is -0.132. The van der Waals surface area contributed by atoms with Crippen LogP contribution in [0.2, 0.25) is 0 Å². The number of carbonyl (C=O) groups excluding carboxylic acids is 1. The fourth-order valence-electron chi connectivity index (χ4n) is 2.21. The number of hydrogen-bond donors (Lipinski definition) is 2. The molecule has 1 heterocycles. The van der Waals surface area contributed by atoms with Crippen molar-refractivity contribution in [3.05, 3.63) is 35.6 Å². The number of nitrogens with two attached hydrogens (primary N) is 1. The van der Waals surface area contributed by atoms with Gasteiger partial charge in [0.1, 0.15) is 11.9 Å². The summed E-state index contributed by atoms with van der Waals surface area (Å²) in [6.07, 6.45) is 1.08. The van der Waals surface area contributed by atoms with E-state index in [1.54, 1.807) is 12.1 Å². The van der Waals surface area contributed by atoms with Crippen molar-refractivity contribution < 1.29 is 13.9 Å². The van der Waals surface area contributed by atoms with Gasteiger partial charge in [-0.05, 0) is 37.5 Å². The summed E-state index contributed by atoms with van der Waals surface area (Å²) in [6, 6.07) is 5.92. The minimum absolute atomic E-state index is 0.0168. The summed E-state index contributed by atoms with van der Waals surface area (Å²) in [7, 11) is 0. The van der Waals surface area contributed by atoms with Crippen molar-refractivity contribution in [1.29, 1.82) is 0 Å². The first-order valence-corrected chi connectivity index (χ1v) is 6.51. The lowest BCUT2D eigenvalue weighted by Gasteiger charge is -2.18. The smallest absolute Gasteiger partial charge is 0.249 e. The number of hydrogen-bond acceptors (Lipinski definition) is 3. The number of rotatable bonds is 4. The molecule has 0 saturated carbocycles. The Morgan fingerprint density at radius 2 is 2.16 bits per heavy atom. The summed E-state index contributed by atoms with van der Waals surface area (Å²) in [4.78, 5) is 12.0. The summed E-state index contributed by atoms with van der Waals surface area (Å²) >= 11 is 0. The molecule has 0 bridgehead atoms. The number of halogens is 1. The van der Waals surface area contributed by atoms with Gasteiger partial charge in [0.25, 0.3) is 0 Å². The largest absolute Gasteiger partial charge is 0.364 e. The minimum Gasteiger partial charge on any atom is -0.364 e. The van der Waals surface area contributed by atoms with E-state index in [4.69, 9.17) is 10.5 Å². The highest BCUT2D eigenvalue weighted by molar-refractivity contribution is 5.81. The highest BCUT2D eigenvalue weighted by atomic mass is 19.1. The fourth-order valence-corrected chi connectivity index (χ4v) is 2.21. The predicted molar refractivity (Wildman–Crippen MR) is 69.9 cm³/mol. The Hall–Kier alpha value is -1.46. The maximum Gasteiger partial charge on any atom is 0.249 e. The van der Waals surface area contributed by atoms with Crippen LogP contribution in [-0.2, 0) is 9.53 Å². The molecule has 1 aromatic carbocycles. The molecule has 1 aliphatic heterocycles. The van der Waals surface area contributed by atoms with Gasteiger partial charge < -0.3 is 15.8 Å². The van der Waals surface area contributed by atoms with Crippen LogP contribution in [0.5, 0.6) is 0 Å². The topological polar surface area (TPSA) is 64.4 Å². The first kappa shape index (κ1) is 14.0. The van der Waals surface area contributed by atoms with Crippen molar-refractivity contribution in [2.75, 3.05) is 6.54 Å². The second-order valence-corrected chi connectivity index (χ2v) is 4.84. The van der Waals surface area contributed by atoms with Crippen LogP contribution in [-0.4, -0.2) is 24.7 Å². The molecule has 0 aliphatic carbocycles. The molecule has 0 aromatic heterocycles. The molecule has 3 N–H and O–H groups in total. The van der Waals surface area contributed by atoms with E-state index in [1.807, 2.05) is 6.92 Å². The standard InChI is InChI=1S/C14H19FN2O2/c1-9(10-2-4-11(15)5-3-10)17-14(18)13-7-6-12(8-16)19-13/h2-5,9,12-13H,6-8,16H2,1H3,(H,17,18)/t9-,12?,13?/m0/s1. The van der Waals surface area contributed by atoms with Gasteiger partial charge >= 0.3 is 0 Å². The van der Waals surface area contributed by atoms with Crippen LogP contribution in [0.4, 0.5) is 4.39 Å². The maximum absolute atomic E-state index is 12.8. The van der Waals surface area contributed by atoms with Crippen molar-refractivity contribution in [3.8, 4) is 0 Å². The van der Waals surface area contributed by atoms with Gasteiger partial charge in [-0.25, -0.2) is 4.39 Å². The third-order valence-corrected chi connectivity index (χ3v) is 3.39. The van der Waals surface area contributed by atoms with E-state index in [2.05, 4.69) is 5.32 Å². The Morgan fingerprint density at radius 3 is 2.74 bits per heavy atom. The van der Waals surface area contributed by atoms with Crippen LogP contribution >= 0.6 is 0 Å². The van der Waals surface area contributed by atoms with E-state index in [0.717, 1.165) is 12.0 Å². The molecule has 19 heavy (non-hydrogen) atoms. The first-order valence-electron chi connectivity index (χ1n) is 6.51. The van der Waals surface area contributed by atoms with Crippen LogP contribution in [0.3, 0.4) is 0 Å². The van der Waals surface area contributed by atoms with Gasteiger partial charge in [-0.2, -0.15) is 0 Å². The van der Waals surface area contributed by atoms with Crippen LogP contribution < -0.4 is 11.1 Å².